The van der Waals surface area contributed by atoms with Crippen LogP contribution in [-0.2, 0) is 9.59 Å². The van der Waals surface area contributed by atoms with Gasteiger partial charge in [0.25, 0.3) is 0 Å². The summed E-state index contributed by atoms with van der Waals surface area (Å²) in [5.74, 6) is -1.23. The van der Waals surface area contributed by atoms with Gasteiger partial charge in [-0.05, 0) is 0 Å². The van der Waals surface area contributed by atoms with Gasteiger partial charge in [0, 0.05) is 7.05 Å². The molecule has 0 aromatic rings. The number of aliphatic carboxylic acids is 1. The normalized spacial score (nSPS) is 14.2. The maximum Gasteiger partial charge on any atom is 0.323 e. The SMILES string of the molecule is CN(CC(=O)O)C(=N)N.NC(N)=O.O=C[C@H](O)[C@@H](O)[C@H](O)[C@H](O)CO. The number of primary amides is 2. The second-order valence-corrected chi connectivity index (χ2v) is 4.40. The monoisotopic (exact) mass is 371 g/mol. The molecular weight excluding hydrogens is 346 g/mol. The van der Waals surface area contributed by atoms with E-state index >= 15 is 0 Å². The summed E-state index contributed by atoms with van der Waals surface area (Å²) >= 11 is 0. The standard InChI is InChI=1S/C6H12O6.C4H9N3O2.CH4N2O/c7-1-3(9)5(11)6(12)4(10)2-8;1-7(4(5)6)2-3(8)9;2-1(3)4/h1,3-6,8-12H,2H2;2H2,1H3,(H3,5,6)(H,8,9);(H4,2,3,4)/t3-,4+,5+,6+;;/m0../s1. The van der Waals surface area contributed by atoms with Crippen molar-refractivity contribution in [2.45, 2.75) is 24.4 Å². The van der Waals surface area contributed by atoms with Crippen molar-refractivity contribution in [1.29, 1.82) is 5.41 Å². The zero-order valence-electron chi connectivity index (χ0n) is 13.4. The molecule has 0 aliphatic heterocycles. The highest BCUT2D eigenvalue weighted by atomic mass is 16.4. The summed E-state index contributed by atoms with van der Waals surface area (Å²) in [4.78, 5) is 29.9. The lowest BCUT2D eigenvalue weighted by molar-refractivity contribution is -0.137. The van der Waals surface area contributed by atoms with E-state index in [1.807, 2.05) is 0 Å². The van der Waals surface area contributed by atoms with Gasteiger partial charge in [0.2, 0.25) is 0 Å². The highest BCUT2D eigenvalue weighted by Crippen LogP contribution is 2.02. The van der Waals surface area contributed by atoms with Crippen LogP contribution in [0, 0.1) is 5.41 Å². The van der Waals surface area contributed by atoms with Gasteiger partial charge in [0.15, 0.2) is 12.2 Å². The van der Waals surface area contributed by atoms with Gasteiger partial charge < -0.3 is 57.5 Å². The highest BCUT2D eigenvalue weighted by Gasteiger charge is 2.29. The average molecular weight is 371 g/mol. The first-order chi connectivity index (χ1) is 11.3. The van der Waals surface area contributed by atoms with Crippen LogP contribution in [0.3, 0.4) is 0 Å². The van der Waals surface area contributed by atoms with Crippen molar-refractivity contribution in [3.05, 3.63) is 0 Å². The molecule has 14 nitrogen and oxygen atoms in total. The van der Waals surface area contributed by atoms with E-state index < -0.39 is 43.0 Å². The molecule has 0 spiro atoms. The van der Waals surface area contributed by atoms with E-state index in [0.717, 1.165) is 4.90 Å². The quantitative estimate of drug-likeness (QED) is 0.114. The van der Waals surface area contributed by atoms with E-state index in [-0.39, 0.29) is 18.8 Å². The van der Waals surface area contributed by atoms with Gasteiger partial charge in [0.05, 0.1) is 6.61 Å². The molecule has 0 heterocycles. The van der Waals surface area contributed by atoms with Crippen LogP contribution < -0.4 is 17.2 Å². The molecule has 4 atom stereocenters. The van der Waals surface area contributed by atoms with Crippen LogP contribution in [0.25, 0.3) is 0 Å². The molecule has 0 aromatic carbocycles. The van der Waals surface area contributed by atoms with Gasteiger partial charge >= 0.3 is 12.0 Å². The summed E-state index contributed by atoms with van der Waals surface area (Å²) in [6.45, 7) is -0.987. The Balaban J connectivity index is -0.000000328. The van der Waals surface area contributed by atoms with E-state index in [1.165, 1.54) is 7.05 Å². The van der Waals surface area contributed by atoms with Crippen molar-refractivity contribution in [2.75, 3.05) is 20.2 Å². The van der Waals surface area contributed by atoms with Crippen molar-refractivity contribution in [3.63, 3.8) is 0 Å². The smallest absolute Gasteiger partial charge is 0.323 e. The molecule has 0 bridgehead atoms. The minimum atomic E-state index is -1.79. The molecule has 0 rings (SSSR count). The topological polar surface area (TPSA) is 278 Å². The fourth-order valence-electron chi connectivity index (χ4n) is 0.906. The lowest BCUT2D eigenvalue weighted by Gasteiger charge is -2.22. The van der Waals surface area contributed by atoms with Gasteiger partial charge in [-0.3, -0.25) is 10.2 Å². The Morgan fingerprint density at radius 3 is 1.72 bits per heavy atom. The van der Waals surface area contributed by atoms with E-state index in [1.54, 1.807) is 0 Å². The lowest BCUT2D eigenvalue weighted by Crippen LogP contribution is -2.46. The predicted octanol–water partition coefficient (Wildman–Crippen LogP) is -5.46. The number of nitrogens with two attached hydrogens (primary N) is 3. The number of amides is 2. The molecule has 0 saturated heterocycles. The summed E-state index contributed by atoms with van der Waals surface area (Å²) in [6.07, 6.45) is -6.84. The molecule has 14 heteroatoms. The number of rotatable bonds is 7. The third-order valence-corrected chi connectivity index (χ3v) is 2.20. The summed E-state index contributed by atoms with van der Waals surface area (Å²) in [5, 5.41) is 58.4. The molecule has 0 saturated carbocycles. The number of carbonyl (C=O) groups excluding carboxylic acids is 2. The van der Waals surface area contributed by atoms with Crippen molar-refractivity contribution < 1.29 is 45.0 Å². The van der Waals surface area contributed by atoms with Crippen molar-refractivity contribution in [3.8, 4) is 0 Å². The Hall–Kier alpha value is -2.52. The number of aliphatic hydroxyl groups is 5. The maximum atomic E-state index is 9.92. The van der Waals surface area contributed by atoms with Crippen LogP contribution in [0.1, 0.15) is 0 Å². The summed E-state index contributed by atoms with van der Waals surface area (Å²) in [6, 6.07) is -0.833. The second kappa shape index (κ2) is 15.0. The molecule has 0 aromatic heterocycles. The number of aldehydes is 1. The molecule has 0 aliphatic rings. The number of hydrogen-bond donors (Lipinski definition) is 10. The molecule has 13 N–H and O–H groups in total. The number of aliphatic hydroxyl groups excluding tert-OH is 5. The first kappa shape index (κ1) is 27.3. The summed E-state index contributed by atoms with van der Waals surface area (Å²) < 4.78 is 0. The second-order valence-electron chi connectivity index (χ2n) is 4.40. The highest BCUT2D eigenvalue weighted by molar-refractivity contribution is 5.79. The molecule has 148 valence electrons. The number of guanidine groups is 1. The van der Waals surface area contributed by atoms with Crippen LogP contribution >= 0.6 is 0 Å². The minimum absolute atomic E-state index is 0.0258. The third kappa shape index (κ3) is 17.7. The lowest BCUT2D eigenvalue weighted by atomic mass is 10.0. The molecule has 25 heavy (non-hydrogen) atoms. The van der Waals surface area contributed by atoms with Gasteiger partial charge in [-0.25, -0.2) is 4.79 Å². The molecular formula is C11H25N5O9. The minimum Gasteiger partial charge on any atom is -0.480 e. The molecule has 0 unspecified atom stereocenters. The Kier molecular flexibility index (Phi) is 16.4. The first-order valence-electron chi connectivity index (χ1n) is 6.41. The van der Waals surface area contributed by atoms with E-state index in [0.29, 0.717) is 0 Å². The summed E-state index contributed by atoms with van der Waals surface area (Å²) in [7, 11) is 1.44. The van der Waals surface area contributed by atoms with Gasteiger partial charge in [-0.15, -0.1) is 0 Å². The number of carboxylic acid groups (broad SMARTS) is 1. The zero-order chi connectivity index (χ0) is 20.7. The van der Waals surface area contributed by atoms with Gasteiger partial charge in [-0.2, -0.15) is 0 Å². The molecule has 0 aliphatic carbocycles. The van der Waals surface area contributed by atoms with E-state index in [9.17, 15) is 9.59 Å². The molecule has 0 fully saturated rings. The maximum absolute atomic E-state index is 9.92. The van der Waals surface area contributed by atoms with Crippen LogP contribution in [0.2, 0.25) is 0 Å². The first-order valence-corrected chi connectivity index (χ1v) is 6.41. The number of likely N-dealkylation sites (N-methyl/N-ethyl adjacent to an activating group) is 1. The van der Waals surface area contributed by atoms with Gasteiger partial charge in [0.1, 0.15) is 31.0 Å². The van der Waals surface area contributed by atoms with E-state index in [2.05, 4.69) is 11.5 Å². The zero-order valence-corrected chi connectivity index (χ0v) is 13.4. The van der Waals surface area contributed by atoms with Crippen LogP contribution in [0.5, 0.6) is 0 Å². The van der Waals surface area contributed by atoms with Crippen molar-refractivity contribution in [1.82, 2.24) is 4.90 Å². The fraction of sp³-hybridized carbons (Fsp3) is 0.636. The predicted molar refractivity (Wildman–Crippen MR) is 83.1 cm³/mol. The molecule has 2 amide bonds. The third-order valence-electron chi connectivity index (χ3n) is 2.20. The average Bonchev–Trinajstić information content (AvgIpc) is 2.51. The Morgan fingerprint density at radius 1 is 1.12 bits per heavy atom. The van der Waals surface area contributed by atoms with Crippen LogP contribution in [0.15, 0.2) is 0 Å². The van der Waals surface area contributed by atoms with Crippen molar-refractivity contribution >= 4 is 24.2 Å². The Morgan fingerprint density at radius 2 is 1.52 bits per heavy atom. The largest absolute Gasteiger partial charge is 0.480 e. The fourth-order valence-corrected chi connectivity index (χ4v) is 0.906. The number of carbonyl (C=O) groups is 3. The van der Waals surface area contributed by atoms with Crippen LogP contribution in [0.4, 0.5) is 4.79 Å². The summed E-state index contributed by atoms with van der Waals surface area (Å²) in [5.41, 5.74) is 13.4. The van der Waals surface area contributed by atoms with Gasteiger partial charge in [-0.1, -0.05) is 0 Å². The van der Waals surface area contributed by atoms with Crippen molar-refractivity contribution in [2.24, 2.45) is 17.2 Å². The molecule has 0 radical (unpaired) electrons. The number of nitrogens with one attached hydrogen (secondary N) is 1. The number of hydrogen-bond acceptors (Lipinski definition) is 9. The van der Waals surface area contributed by atoms with Crippen LogP contribution in [-0.4, -0.2) is 104 Å². The number of urea groups is 1. The number of nitrogens with zero attached hydrogens (tertiary/aromatic N) is 1. The Bertz CT molecular complexity index is 419. The number of carboxylic acids is 1. The Labute approximate surface area is 142 Å². The van der Waals surface area contributed by atoms with E-state index in [4.69, 9.17) is 46.6 Å².